The summed E-state index contributed by atoms with van der Waals surface area (Å²) >= 11 is 6.25. The monoisotopic (exact) mass is 495 g/mol. The number of hydrogen-bond donors (Lipinski definition) is 2. The fourth-order valence-corrected chi connectivity index (χ4v) is 4.24. The fraction of sp³-hybridized carbons (Fsp3) is 0.522. The minimum Gasteiger partial charge on any atom is -0.466 e. The molecule has 3 heterocycles. The van der Waals surface area contributed by atoms with Crippen LogP contribution in [0.15, 0.2) is 30.5 Å². The van der Waals surface area contributed by atoms with E-state index >= 15 is 0 Å². The van der Waals surface area contributed by atoms with Gasteiger partial charge in [0.15, 0.2) is 5.82 Å². The molecule has 0 amide bonds. The molecule has 2 aliphatic rings. The molecule has 2 saturated heterocycles. The van der Waals surface area contributed by atoms with Crippen LogP contribution in [0.4, 0.5) is 23.1 Å². The third-order valence-corrected chi connectivity index (χ3v) is 6.15. The van der Waals surface area contributed by atoms with Gasteiger partial charge in [-0.15, -0.1) is 12.4 Å². The van der Waals surface area contributed by atoms with Crippen molar-refractivity contribution < 1.29 is 14.3 Å². The maximum absolute atomic E-state index is 11.9. The van der Waals surface area contributed by atoms with E-state index in [0.717, 1.165) is 56.8 Å². The van der Waals surface area contributed by atoms with E-state index in [0.29, 0.717) is 29.9 Å². The Labute approximate surface area is 205 Å². The maximum Gasteiger partial charge on any atom is 0.309 e. The number of anilines is 4. The molecule has 33 heavy (non-hydrogen) atoms. The molecule has 0 radical (unpaired) electrons. The molecule has 1 aromatic carbocycles. The molecule has 10 heteroatoms. The Morgan fingerprint density at radius 1 is 1.24 bits per heavy atom. The number of ether oxygens (including phenoxy) is 2. The lowest BCUT2D eigenvalue weighted by Gasteiger charge is -2.32. The number of carbonyl (C=O) groups excluding carboxylic acids is 1. The third kappa shape index (κ3) is 6.85. The van der Waals surface area contributed by atoms with Crippen molar-refractivity contribution in [3.8, 4) is 0 Å². The molecule has 1 unspecified atom stereocenters. The zero-order valence-electron chi connectivity index (χ0n) is 18.8. The second-order valence-corrected chi connectivity index (χ2v) is 8.50. The summed E-state index contributed by atoms with van der Waals surface area (Å²) in [6, 6.07) is 8.15. The van der Waals surface area contributed by atoms with Gasteiger partial charge in [0.2, 0.25) is 5.95 Å². The molecule has 8 nitrogen and oxygen atoms in total. The maximum atomic E-state index is 11.9. The average molecular weight is 496 g/mol. The summed E-state index contributed by atoms with van der Waals surface area (Å²) in [5.41, 5.74) is 2.02. The summed E-state index contributed by atoms with van der Waals surface area (Å²) in [7, 11) is 0. The fourth-order valence-electron chi connectivity index (χ4n) is 4.09. The van der Waals surface area contributed by atoms with Crippen LogP contribution in [-0.2, 0) is 14.3 Å². The van der Waals surface area contributed by atoms with Crippen molar-refractivity contribution in [2.45, 2.75) is 38.7 Å². The highest BCUT2D eigenvalue weighted by atomic mass is 35.5. The van der Waals surface area contributed by atoms with Gasteiger partial charge in [-0.3, -0.25) is 4.79 Å². The Morgan fingerprint density at radius 3 is 2.67 bits per heavy atom. The lowest BCUT2D eigenvalue weighted by molar-refractivity contribution is -0.148. The highest BCUT2D eigenvalue weighted by Gasteiger charge is 2.26. The molecule has 2 N–H and O–H groups in total. The van der Waals surface area contributed by atoms with E-state index in [2.05, 4.69) is 37.6 Å². The summed E-state index contributed by atoms with van der Waals surface area (Å²) < 4.78 is 10.8. The molecule has 0 aliphatic carbocycles. The van der Waals surface area contributed by atoms with E-state index in [1.165, 1.54) is 0 Å². The highest BCUT2D eigenvalue weighted by molar-refractivity contribution is 6.32. The van der Waals surface area contributed by atoms with Gasteiger partial charge < -0.3 is 25.0 Å². The number of nitrogens with zero attached hydrogens (tertiary/aromatic N) is 3. The van der Waals surface area contributed by atoms with E-state index in [1.54, 1.807) is 6.20 Å². The molecule has 1 atom stereocenters. The Balaban J connectivity index is 0.00000306. The van der Waals surface area contributed by atoms with Crippen LogP contribution < -0.4 is 15.5 Å². The number of nitrogens with one attached hydrogen (secondary N) is 2. The number of hydrogen-bond acceptors (Lipinski definition) is 8. The van der Waals surface area contributed by atoms with E-state index in [4.69, 9.17) is 21.1 Å². The van der Waals surface area contributed by atoms with Crippen molar-refractivity contribution in [3.63, 3.8) is 0 Å². The molecule has 4 rings (SSSR count). The zero-order valence-corrected chi connectivity index (χ0v) is 20.3. The van der Waals surface area contributed by atoms with E-state index in [-0.39, 0.29) is 30.4 Å². The standard InChI is InChI=1S/C23H30ClN5O3.ClH/c1-2-31-22(30)16-9-11-29(12-10-16)18-7-5-17(6-8-18)27-23-26-15-20(24)21(28-23)25-14-19-4-3-13-32-19;/h5-8,15-16,19H,2-4,9-14H2,1H3,(H2,25,26,27,28);1H. The van der Waals surface area contributed by atoms with Gasteiger partial charge in [0.05, 0.1) is 24.8 Å². The Kier molecular flexibility index (Phi) is 9.41. The van der Waals surface area contributed by atoms with Crippen molar-refractivity contribution in [3.05, 3.63) is 35.5 Å². The number of esters is 1. The molecule has 2 aliphatic heterocycles. The lowest BCUT2D eigenvalue weighted by Crippen LogP contribution is -2.36. The average Bonchev–Trinajstić information content (AvgIpc) is 3.34. The van der Waals surface area contributed by atoms with Gasteiger partial charge in [-0.1, -0.05) is 11.6 Å². The molecular weight excluding hydrogens is 465 g/mol. The van der Waals surface area contributed by atoms with Crippen LogP contribution in [0.5, 0.6) is 0 Å². The van der Waals surface area contributed by atoms with Crippen LogP contribution >= 0.6 is 24.0 Å². The SMILES string of the molecule is CCOC(=O)C1CCN(c2ccc(Nc3ncc(Cl)c(NCC4CCCO4)n3)cc2)CC1.Cl. The van der Waals surface area contributed by atoms with Gasteiger partial charge in [-0.2, -0.15) is 4.98 Å². The van der Waals surface area contributed by atoms with Crippen LogP contribution in [0.25, 0.3) is 0 Å². The van der Waals surface area contributed by atoms with Gasteiger partial charge >= 0.3 is 5.97 Å². The van der Waals surface area contributed by atoms with Crippen LogP contribution in [0, 0.1) is 5.92 Å². The summed E-state index contributed by atoms with van der Waals surface area (Å²) in [5.74, 6) is 1.02. The number of benzene rings is 1. The largest absolute Gasteiger partial charge is 0.466 e. The summed E-state index contributed by atoms with van der Waals surface area (Å²) in [4.78, 5) is 23.0. The first-order valence-electron chi connectivity index (χ1n) is 11.3. The quantitative estimate of drug-likeness (QED) is 0.510. The number of carbonyl (C=O) groups is 1. The van der Waals surface area contributed by atoms with E-state index < -0.39 is 0 Å². The second kappa shape index (κ2) is 12.3. The second-order valence-electron chi connectivity index (χ2n) is 8.09. The van der Waals surface area contributed by atoms with Crippen LogP contribution in [0.2, 0.25) is 5.02 Å². The van der Waals surface area contributed by atoms with Crippen molar-refractivity contribution in [1.82, 2.24) is 9.97 Å². The molecule has 0 saturated carbocycles. The third-order valence-electron chi connectivity index (χ3n) is 5.87. The van der Waals surface area contributed by atoms with Crippen molar-refractivity contribution in [1.29, 1.82) is 0 Å². The number of rotatable bonds is 8. The summed E-state index contributed by atoms with van der Waals surface area (Å²) in [5, 5.41) is 6.98. The molecule has 2 fully saturated rings. The minimum atomic E-state index is -0.0701. The van der Waals surface area contributed by atoms with Gasteiger partial charge in [0.1, 0.15) is 5.02 Å². The van der Waals surface area contributed by atoms with Gasteiger partial charge in [-0.05, 0) is 56.9 Å². The Morgan fingerprint density at radius 2 is 2.00 bits per heavy atom. The van der Waals surface area contributed by atoms with Gasteiger partial charge in [-0.25, -0.2) is 4.98 Å². The lowest BCUT2D eigenvalue weighted by atomic mass is 9.96. The minimum absolute atomic E-state index is 0. The summed E-state index contributed by atoms with van der Waals surface area (Å²) in [6.45, 7) is 5.47. The highest BCUT2D eigenvalue weighted by Crippen LogP contribution is 2.27. The van der Waals surface area contributed by atoms with Crippen LogP contribution in [0.1, 0.15) is 32.6 Å². The zero-order chi connectivity index (χ0) is 22.3. The van der Waals surface area contributed by atoms with E-state index in [1.807, 2.05) is 19.1 Å². The predicted molar refractivity (Wildman–Crippen MR) is 133 cm³/mol. The predicted octanol–water partition coefficient (Wildman–Crippen LogP) is 4.67. The number of aromatic nitrogens is 2. The molecule has 1 aromatic heterocycles. The van der Waals surface area contributed by atoms with Crippen molar-refractivity contribution in [2.75, 3.05) is 48.4 Å². The van der Waals surface area contributed by atoms with Crippen LogP contribution in [-0.4, -0.2) is 54.9 Å². The Bertz CT molecular complexity index is 901. The number of halogens is 2. The van der Waals surface area contributed by atoms with Crippen molar-refractivity contribution in [2.24, 2.45) is 5.92 Å². The van der Waals surface area contributed by atoms with Crippen molar-refractivity contribution >= 4 is 53.1 Å². The smallest absolute Gasteiger partial charge is 0.309 e. The first-order chi connectivity index (χ1) is 15.6. The molecule has 2 aromatic rings. The number of piperidine rings is 1. The molecule has 180 valence electrons. The van der Waals surface area contributed by atoms with E-state index in [9.17, 15) is 4.79 Å². The first kappa shape index (κ1) is 25.3. The van der Waals surface area contributed by atoms with Crippen LogP contribution in [0.3, 0.4) is 0 Å². The summed E-state index contributed by atoms with van der Waals surface area (Å²) in [6.07, 6.45) is 5.58. The normalized spacial score (nSPS) is 18.5. The molecular formula is C23H31Cl2N5O3. The topological polar surface area (TPSA) is 88.6 Å². The molecule has 0 bridgehead atoms. The van der Waals surface area contributed by atoms with Gasteiger partial charge in [0.25, 0.3) is 0 Å². The van der Waals surface area contributed by atoms with Gasteiger partial charge in [0, 0.05) is 37.6 Å². The Hall–Kier alpha value is -2.29. The molecule has 0 spiro atoms. The first-order valence-corrected chi connectivity index (χ1v) is 11.7.